The van der Waals surface area contributed by atoms with E-state index in [1.165, 1.54) is 0 Å². The molecule has 1 aromatic rings. The van der Waals surface area contributed by atoms with Gasteiger partial charge in [0.25, 0.3) is 0 Å². The quantitative estimate of drug-likeness (QED) is 0.725. The molecule has 0 spiro atoms. The molecule has 5 heteroatoms. The molecule has 0 saturated heterocycles. The Balaban J connectivity index is 2.48. The summed E-state index contributed by atoms with van der Waals surface area (Å²) in [6.07, 6.45) is 0.354. The third-order valence-electron chi connectivity index (χ3n) is 3.11. The highest BCUT2D eigenvalue weighted by Gasteiger charge is 2.24. The van der Waals surface area contributed by atoms with Crippen LogP contribution in [0.4, 0.5) is 16.2 Å². The normalized spacial score (nSPS) is 11.9. The van der Waals surface area contributed by atoms with E-state index < -0.39 is 11.7 Å². The highest BCUT2D eigenvalue weighted by atomic mass is 16.6. The molecule has 0 heterocycles. The Labute approximate surface area is 133 Å². The number of carbonyl (C=O) groups excluding carboxylic acids is 1. The maximum Gasteiger partial charge on any atom is 0.408 e. The van der Waals surface area contributed by atoms with Gasteiger partial charge in [0.15, 0.2) is 0 Å². The van der Waals surface area contributed by atoms with E-state index in [1.807, 2.05) is 59.7 Å². The summed E-state index contributed by atoms with van der Waals surface area (Å²) in [7, 11) is 0. The van der Waals surface area contributed by atoms with Crippen molar-refractivity contribution in [3.8, 4) is 0 Å². The predicted molar refractivity (Wildman–Crippen MR) is 92.1 cm³/mol. The topological polar surface area (TPSA) is 76.4 Å². The van der Waals surface area contributed by atoms with Crippen molar-refractivity contribution in [3.05, 3.63) is 23.8 Å². The summed E-state index contributed by atoms with van der Waals surface area (Å²) in [6.45, 7) is 12.2. The summed E-state index contributed by atoms with van der Waals surface area (Å²) in [5, 5.41) is 6.21. The molecule has 0 aliphatic rings. The zero-order valence-corrected chi connectivity index (χ0v) is 14.5. The molecule has 0 bridgehead atoms. The summed E-state index contributed by atoms with van der Waals surface area (Å²) in [6, 6.07) is 5.89. The second-order valence-corrected chi connectivity index (χ2v) is 7.28. The molecule has 0 aromatic heterocycles. The highest BCUT2D eigenvalue weighted by molar-refractivity contribution is 5.69. The Hall–Kier alpha value is -1.91. The standard InChI is InChI=1S/C17H29N3O2/c1-12-7-8-13(18)14(11-12)19-10-9-17(5,6)20-15(21)22-16(2,3)4/h7-8,11,19H,9-10,18H2,1-6H3,(H,20,21). The van der Waals surface area contributed by atoms with Crippen LogP contribution < -0.4 is 16.4 Å². The Morgan fingerprint density at radius 3 is 2.45 bits per heavy atom. The number of hydrogen-bond acceptors (Lipinski definition) is 4. The van der Waals surface area contributed by atoms with Crippen molar-refractivity contribution in [2.75, 3.05) is 17.6 Å². The second kappa shape index (κ2) is 6.90. The van der Waals surface area contributed by atoms with Gasteiger partial charge in [0, 0.05) is 12.1 Å². The van der Waals surface area contributed by atoms with Gasteiger partial charge in [-0.15, -0.1) is 0 Å². The average molecular weight is 307 g/mol. The van der Waals surface area contributed by atoms with Gasteiger partial charge < -0.3 is 21.1 Å². The van der Waals surface area contributed by atoms with Gasteiger partial charge in [-0.1, -0.05) is 6.07 Å². The lowest BCUT2D eigenvalue weighted by Crippen LogP contribution is -2.46. The van der Waals surface area contributed by atoms with Crippen molar-refractivity contribution in [1.82, 2.24) is 5.32 Å². The number of aryl methyl sites for hydroxylation is 1. The van der Waals surface area contributed by atoms with E-state index in [0.29, 0.717) is 6.54 Å². The van der Waals surface area contributed by atoms with Crippen LogP contribution in [0.5, 0.6) is 0 Å². The Kier molecular flexibility index (Phi) is 5.69. The van der Waals surface area contributed by atoms with E-state index in [2.05, 4.69) is 10.6 Å². The molecule has 1 aromatic carbocycles. The van der Waals surface area contributed by atoms with Crippen LogP contribution in [0.15, 0.2) is 18.2 Å². The Bertz CT molecular complexity index is 519. The molecule has 0 radical (unpaired) electrons. The zero-order chi connectivity index (χ0) is 17.0. The average Bonchev–Trinajstić information content (AvgIpc) is 2.30. The zero-order valence-electron chi connectivity index (χ0n) is 14.5. The lowest BCUT2D eigenvalue weighted by Gasteiger charge is -2.29. The molecular formula is C17H29N3O2. The van der Waals surface area contributed by atoms with Gasteiger partial charge >= 0.3 is 6.09 Å². The lowest BCUT2D eigenvalue weighted by atomic mass is 10.0. The van der Waals surface area contributed by atoms with E-state index in [4.69, 9.17) is 10.5 Å². The van der Waals surface area contributed by atoms with Crippen LogP contribution in [0.1, 0.15) is 46.6 Å². The molecule has 1 amide bonds. The van der Waals surface area contributed by atoms with Crippen LogP contribution in [0.2, 0.25) is 0 Å². The number of ether oxygens (including phenoxy) is 1. The molecule has 0 saturated carbocycles. The van der Waals surface area contributed by atoms with Gasteiger partial charge in [-0.2, -0.15) is 0 Å². The van der Waals surface area contributed by atoms with E-state index in [9.17, 15) is 4.79 Å². The fourth-order valence-corrected chi connectivity index (χ4v) is 1.98. The molecule has 0 atom stereocenters. The van der Waals surface area contributed by atoms with E-state index >= 15 is 0 Å². The Morgan fingerprint density at radius 2 is 1.86 bits per heavy atom. The van der Waals surface area contributed by atoms with Crippen molar-refractivity contribution < 1.29 is 9.53 Å². The minimum absolute atomic E-state index is 0.367. The number of rotatable bonds is 5. The molecule has 4 N–H and O–H groups in total. The summed E-state index contributed by atoms with van der Waals surface area (Å²) in [5.74, 6) is 0. The maximum atomic E-state index is 11.8. The third kappa shape index (κ3) is 6.70. The van der Waals surface area contributed by atoms with Crippen molar-refractivity contribution in [1.29, 1.82) is 0 Å². The monoisotopic (exact) mass is 307 g/mol. The number of hydrogen-bond donors (Lipinski definition) is 3. The fourth-order valence-electron chi connectivity index (χ4n) is 1.98. The first-order chi connectivity index (χ1) is 9.98. The van der Waals surface area contributed by atoms with Crippen LogP contribution in [0.25, 0.3) is 0 Å². The van der Waals surface area contributed by atoms with Gasteiger partial charge in [0.05, 0.1) is 11.4 Å². The molecule has 124 valence electrons. The number of nitrogens with two attached hydrogens (primary N) is 1. The molecule has 0 unspecified atom stereocenters. The van der Waals surface area contributed by atoms with Crippen molar-refractivity contribution in [2.24, 2.45) is 0 Å². The number of nitrogens with one attached hydrogen (secondary N) is 2. The first kappa shape index (κ1) is 18.1. The molecule has 0 fully saturated rings. The molecule has 0 aliphatic heterocycles. The van der Waals surface area contributed by atoms with Crippen LogP contribution in [-0.4, -0.2) is 23.8 Å². The second-order valence-electron chi connectivity index (χ2n) is 7.28. The van der Waals surface area contributed by atoms with Crippen LogP contribution in [0.3, 0.4) is 0 Å². The van der Waals surface area contributed by atoms with Gasteiger partial charge in [0.1, 0.15) is 5.60 Å². The van der Waals surface area contributed by atoms with E-state index in [1.54, 1.807) is 0 Å². The first-order valence-electron chi connectivity index (χ1n) is 7.60. The van der Waals surface area contributed by atoms with Gasteiger partial charge in [-0.3, -0.25) is 0 Å². The number of amides is 1. The van der Waals surface area contributed by atoms with Crippen LogP contribution >= 0.6 is 0 Å². The minimum atomic E-state index is -0.492. The SMILES string of the molecule is Cc1ccc(N)c(NCCC(C)(C)NC(=O)OC(C)(C)C)c1. The summed E-state index contributed by atoms with van der Waals surface area (Å²) >= 11 is 0. The van der Waals surface area contributed by atoms with E-state index in [-0.39, 0.29) is 5.54 Å². The number of alkyl carbamates (subject to hydrolysis) is 1. The van der Waals surface area contributed by atoms with Gasteiger partial charge in [-0.25, -0.2) is 4.79 Å². The molecule has 22 heavy (non-hydrogen) atoms. The summed E-state index contributed by atoms with van der Waals surface area (Å²) in [5.41, 5.74) is 7.88. The molecular weight excluding hydrogens is 278 g/mol. The van der Waals surface area contributed by atoms with Crippen molar-refractivity contribution in [2.45, 2.75) is 59.1 Å². The third-order valence-corrected chi connectivity index (χ3v) is 3.11. The maximum absolute atomic E-state index is 11.8. The largest absolute Gasteiger partial charge is 0.444 e. The summed E-state index contributed by atoms with van der Waals surface area (Å²) in [4.78, 5) is 11.8. The highest BCUT2D eigenvalue weighted by Crippen LogP contribution is 2.20. The van der Waals surface area contributed by atoms with Crippen molar-refractivity contribution in [3.63, 3.8) is 0 Å². The number of anilines is 2. The number of nitrogen functional groups attached to an aromatic ring is 1. The van der Waals surface area contributed by atoms with Gasteiger partial charge in [0.2, 0.25) is 0 Å². The predicted octanol–water partition coefficient (Wildman–Crippen LogP) is 3.68. The molecule has 1 rings (SSSR count). The number of benzene rings is 1. The first-order valence-corrected chi connectivity index (χ1v) is 7.60. The smallest absolute Gasteiger partial charge is 0.408 e. The Morgan fingerprint density at radius 1 is 1.23 bits per heavy atom. The summed E-state index contributed by atoms with van der Waals surface area (Å²) < 4.78 is 5.28. The lowest BCUT2D eigenvalue weighted by molar-refractivity contribution is 0.0470. The van der Waals surface area contributed by atoms with Crippen molar-refractivity contribution >= 4 is 17.5 Å². The number of carbonyl (C=O) groups is 1. The fraction of sp³-hybridized carbons (Fsp3) is 0.588. The molecule has 0 aliphatic carbocycles. The minimum Gasteiger partial charge on any atom is -0.444 e. The van der Waals surface area contributed by atoms with Crippen LogP contribution in [0, 0.1) is 6.92 Å². The van der Waals surface area contributed by atoms with E-state index in [0.717, 1.165) is 23.4 Å². The van der Waals surface area contributed by atoms with Crippen LogP contribution in [-0.2, 0) is 4.74 Å². The molecule has 5 nitrogen and oxygen atoms in total. The van der Waals surface area contributed by atoms with Gasteiger partial charge in [-0.05, 0) is 65.7 Å².